The summed E-state index contributed by atoms with van der Waals surface area (Å²) in [6.45, 7) is 2.87. The molecule has 3 nitrogen and oxygen atoms in total. The minimum atomic E-state index is -0.961. The predicted octanol–water partition coefficient (Wildman–Crippen LogP) is 5.29. The molecule has 116 valence electrons. The molecule has 1 rings (SSSR count). The summed E-state index contributed by atoms with van der Waals surface area (Å²) in [7, 11) is 0. The molecule has 0 aliphatic heterocycles. The van der Waals surface area contributed by atoms with Crippen LogP contribution in [0.15, 0.2) is 28.7 Å². The highest BCUT2D eigenvalue weighted by molar-refractivity contribution is 9.10. The van der Waals surface area contributed by atoms with Gasteiger partial charge in [0.05, 0.1) is 11.1 Å². The average Bonchev–Trinajstić information content (AvgIpc) is 2.46. The number of ether oxygens (including phenoxy) is 1. The Morgan fingerprint density at radius 3 is 2.67 bits per heavy atom. The van der Waals surface area contributed by atoms with Gasteiger partial charge in [-0.25, -0.2) is 4.79 Å². The standard InChI is InChI=1S/C17H23BrO3/c1-2-3-4-5-6-7-13-21-17-14(11-12-16(19)20)9-8-10-15(17)18/h8-12H,2-7,13H2,1H3,(H,19,20). The number of carboxylic acid groups (broad SMARTS) is 1. The van der Waals surface area contributed by atoms with Crippen molar-refractivity contribution < 1.29 is 14.6 Å². The molecular weight excluding hydrogens is 332 g/mol. The van der Waals surface area contributed by atoms with Gasteiger partial charge in [-0.15, -0.1) is 0 Å². The molecule has 4 heteroatoms. The van der Waals surface area contributed by atoms with E-state index in [1.807, 2.05) is 18.2 Å². The van der Waals surface area contributed by atoms with Crippen LogP contribution in [-0.2, 0) is 4.79 Å². The third-order valence-electron chi connectivity index (χ3n) is 3.15. The zero-order valence-electron chi connectivity index (χ0n) is 12.5. The zero-order valence-corrected chi connectivity index (χ0v) is 14.1. The highest BCUT2D eigenvalue weighted by Gasteiger charge is 2.06. The van der Waals surface area contributed by atoms with E-state index in [-0.39, 0.29) is 0 Å². The van der Waals surface area contributed by atoms with Crippen molar-refractivity contribution >= 4 is 28.0 Å². The van der Waals surface area contributed by atoms with Gasteiger partial charge in [-0.05, 0) is 34.5 Å². The van der Waals surface area contributed by atoms with Crippen LogP contribution in [0.4, 0.5) is 0 Å². The lowest BCUT2D eigenvalue weighted by Crippen LogP contribution is -2.00. The van der Waals surface area contributed by atoms with Crippen LogP contribution in [0, 0.1) is 0 Å². The van der Waals surface area contributed by atoms with Crippen LogP contribution in [0.2, 0.25) is 0 Å². The van der Waals surface area contributed by atoms with E-state index in [9.17, 15) is 4.79 Å². The largest absolute Gasteiger partial charge is 0.492 e. The summed E-state index contributed by atoms with van der Waals surface area (Å²) in [5.41, 5.74) is 0.776. The van der Waals surface area contributed by atoms with Crippen LogP contribution >= 0.6 is 15.9 Å². The summed E-state index contributed by atoms with van der Waals surface area (Å²) < 4.78 is 6.66. The average molecular weight is 355 g/mol. The molecule has 1 aromatic rings. The number of carbonyl (C=O) groups is 1. The fraction of sp³-hybridized carbons (Fsp3) is 0.471. The van der Waals surface area contributed by atoms with Crippen molar-refractivity contribution in [3.8, 4) is 5.75 Å². The fourth-order valence-corrected chi connectivity index (χ4v) is 2.52. The maximum atomic E-state index is 10.6. The number of carboxylic acids is 1. The summed E-state index contributed by atoms with van der Waals surface area (Å²) in [4.78, 5) is 10.6. The molecule has 0 amide bonds. The van der Waals surface area contributed by atoms with Crippen molar-refractivity contribution in [1.29, 1.82) is 0 Å². The summed E-state index contributed by atoms with van der Waals surface area (Å²) in [5, 5.41) is 8.71. The third-order valence-corrected chi connectivity index (χ3v) is 3.77. The lowest BCUT2D eigenvalue weighted by Gasteiger charge is -2.11. The van der Waals surface area contributed by atoms with Crippen molar-refractivity contribution in [1.82, 2.24) is 0 Å². The molecular formula is C17H23BrO3. The Labute approximate surface area is 135 Å². The Morgan fingerprint density at radius 2 is 1.95 bits per heavy atom. The quantitative estimate of drug-likeness (QED) is 0.458. The minimum Gasteiger partial charge on any atom is -0.492 e. The lowest BCUT2D eigenvalue weighted by molar-refractivity contribution is -0.131. The van der Waals surface area contributed by atoms with Crippen molar-refractivity contribution in [2.45, 2.75) is 45.4 Å². The van der Waals surface area contributed by atoms with E-state index < -0.39 is 5.97 Å². The molecule has 0 saturated heterocycles. The Kier molecular flexibility index (Phi) is 8.83. The number of para-hydroxylation sites is 1. The van der Waals surface area contributed by atoms with Crippen molar-refractivity contribution in [3.63, 3.8) is 0 Å². The summed E-state index contributed by atoms with van der Waals surface area (Å²) in [5.74, 6) is -0.250. The van der Waals surface area contributed by atoms with E-state index in [1.54, 1.807) is 6.08 Å². The van der Waals surface area contributed by atoms with Gasteiger partial charge in [-0.2, -0.15) is 0 Å². The first kappa shape index (κ1) is 17.8. The lowest BCUT2D eigenvalue weighted by atomic mass is 10.1. The molecule has 0 aliphatic carbocycles. The minimum absolute atomic E-state index is 0.655. The van der Waals surface area contributed by atoms with Gasteiger partial charge in [0.1, 0.15) is 5.75 Å². The molecule has 0 saturated carbocycles. The molecule has 0 aliphatic rings. The number of hydrogen-bond donors (Lipinski definition) is 1. The van der Waals surface area contributed by atoms with E-state index in [1.165, 1.54) is 32.1 Å². The third kappa shape index (κ3) is 7.32. The predicted molar refractivity (Wildman–Crippen MR) is 89.7 cm³/mol. The highest BCUT2D eigenvalue weighted by atomic mass is 79.9. The molecule has 0 spiro atoms. The number of hydrogen-bond acceptors (Lipinski definition) is 2. The van der Waals surface area contributed by atoms with Crippen LogP contribution in [-0.4, -0.2) is 17.7 Å². The molecule has 0 fully saturated rings. The first-order valence-corrected chi connectivity index (χ1v) is 8.26. The van der Waals surface area contributed by atoms with Gasteiger partial charge in [0.25, 0.3) is 0 Å². The molecule has 0 atom stereocenters. The first-order chi connectivity index (χ1) is 10.1. The topological polar surface area (TPSA) is 46.5 Å². The van der Waals surface area contributed by atoms with E-state index in [2.05, 4.69) is 22.9 Å². The maximum Gasteiger partial charge on any atom is 0.328 e. The number of rotatable bonds is 10. The fourth-order valence-electron chi connectivity index (χ4n) is 2.03. The number of aliphatic carboxylic acids is 1. The summed E-state index contributed by atoms with van der Waals surface area (Å²) in [6.07, 6.45) is 9.97. The Hall–Kier alpha value is -1.29. The van der Waals surface area contributed by atoms with Crippen molar-refractivity contribution in [2.24, 2.45) is 0 Å². The molecule has 21 heavy (non-hydrogen) atoms. The second kappa shape index (κ2) is 10.4. The first-order valence-electron chi connectivity index (χ1n) is 7.47. The van der Waals surface area contributed by atoms with Gasteiger partial charge in [0.15, 0.2) is 0 Å². The Bertz CT molecular complexity index is 469. The number of benzene rings is 1. The molecule has 0 unspecified atom stereocenters. The van der Waals surface area contributed by atoms with E-state index in [0.29, 0.717) is 12.4 Å². The van der Waals surface area contributed by atoms with Crippen LogP contribution in [0.5, 0.6) is 5.75 Å². The number of unbranched alkanes of at least 4 members (excludes halogenated alkanes) is 5. The Balaban J connectivity index is 2.48. The number of halogens is 1. The van der Waals surface area contributed by atoms with Crippen LogP contribution in [0.3, 0.4) is 0 Å². The molecule has 0 heterocycles. The van der Waals surface area contributed by atoms with Gasteiger partial charge in [-0.1, -0.05) is 51.2 Å². The monoisotopic (exact) mass is 354 g/mol. The van der Waals surface area contributed by atoms with Gasteiger partial charge < -0.3 is 9.84 Å². The van der Waals surface area contributed by atoms with Gasteiger partial charge in [0.2, 0.25) is 0 Å². The molecule has 0 bridgehead atoms. The summed E-state index contributed by atoms with van der Waals surface area (Å²) >= 11 is 3.45. The zero-order chi connectivity index (χ0) is 15.5. The molecule has 0 radical (unpaired) electrons. The van der Waals surface area contributed by atoms with Crippen molar-refractivity contribution in [2.75, 3.05) is 6.61 Å². The molecule has 1 aromatic carbocycles. The molecule has 0 aromatic heterocycles. The van der Waals surface area contributed by atoms with Crippen LogP contribution < -0.4 is 4.74 Å². The van der Waals surface area contributed by atoms with Crippen LogP contribution in [0.1, 0.15) is 51.0 Å². The van der Waals surface area contributed by atoms with Gasteiger partial charge in [-0.3, -0.25) is 0 Å². The summed E-state index contributed by atoms with van der Waals surface area (Å²) in [6, 6.07) is 5.61. The maximum absolute atomic E-state index is 10.6. The van der Waals surface area contributed by atoms with E-state index in [0.717, 1.165) is 22.5 Å². The second-order valence-electron chi connectivity index (χ2n) is 4.95. The second-order valence-corrected chi connectivity index (χ2v) is 5.80. The Morgan fingerprint density at radius 1 is 1.24 bits per heavy atom. The van der Waals surface area contributed by atoms with Crippen LogP contribution in [0.25, 0.3) is 6.08 Å². The normalized spacial score (nSPS) is 11.0. The van der Waals surface area contributed by atoms with E-state index >= 15 is 0 Å². The van der Waals surface area contributed by atoms with Gasteiger partial charge >= 0.3 is 5.97 Å². The van der Waals surface area contributed by atoms with Crippen molar-refractivity contribution in [3.05, 3.63) is 34.3 Å². The smallest absolute Gasteiger partial charge is 0.328 e. The van der Waals surface area contributed by atoms with Gasteiger partial charge in [0, 0.05) is 11.6 Å². The molecule has 1 N–H and O–H groups in total. The SMILES string of the molecule is CCCCCCCCOc1c(Br)cccc1C=CC(=O)O. The van der Waals surface area contributed by atoms with E-state index in [4.69, 9.17) is 9.84 Å². The highest BCUT2D eigenvalue weighted by Crippen LogP contribution is 2.30.